The van der Waals surface area contributed by atoms with Gasteiger partial charge in [0.2, 0.25) is 5.91 Å². The Labute approximate surface area is 202 Å². The number of carbonyl (C=O) groups is 1. The van der Waals surface area contributed by atoms with Crippen molar-refractivity contribution in [3.05, 3.63) is 95.1 Å². The van der Waals surface area contributed by atoms with Crippen molar-refractivity contribution in [2.24, 2.45) is 0 Å². The van der Waals surface area contributed by atoms with E-state index in [1.165, 1.54) is 11.1 Å². The third kappa shape index (κ3) is 5.33. The Kier molecular flexibility index (Phi) is 6.78. The zero-order valence-corrected chi connectivity index (χ0v) is 20.6. The van der Waals surface area contributed by atoms with Crippen molar-refractivity contribution in [3.63, 3.8) is 0 Å². The number of rotatable bonds is 5. The van der Waals surface area contributed by atoms with Crippen molar-refractivity contribution in [1.82, 2.24) is 0 Å². The highest BCUT2D eigenvalue weighted by Gasteiger charge is 2.17. The lowest BCUT2D eigenvalue weighted by Crippen LogP contribution is -2.16. The predicted octanol–water partition coefficient (Wildman–Crippen LogP) is 6.95. The van der Waals surface area contributed by atoms with Gasteiger partial charge in [0.1, 0.15) is 13.2 Å². The summed E-state index contributed by atoms with van der Waals surface area (Å²) in [5.41, 5.74) is 6.18. The fraction of sp³-hybridized carbons (Fsp3) is 0.300. The molecule has 0 saturated heterocycles. The lowest BCUT2D eigenvalue weighted by atomic mass is 9.84. The summed E-state index contributed by atoms with van der Waals surface area (Å²) in [4.78, 5) is 13.2. The van der Waals surface area contributed by atoms with Gasteiger partial charge in [-0.15, -0.1) is 0 Å². The van der Waals surface area contributed by atoms with Crippen molar-refractivity contribution >= 4 is 17.2 Å². The number of fused-ring (bicyclic) bond motifs is 1. The molecule has 0 saturated carbocycles. The molecule has 0 aliphatic carbocycles. The van der Waals surface area contributed by atoms with E-state index in [0.29, 0.717) is 36.3 Å². The molecule has 4 rings (SSSR count). The monoisotopic (exact) mass is 455 g/mol. The van der Waals surface area contributed by atoms with E-state index in [4.69, 9.17) is 9.47 Å². The van der Waals surface area contributed by atoms with Crippen LogP contribution in [0.1, 0.15) is 62.8 Å². The van der Waals surface area contributed by atoms with Crippen molar-refractivity contribution in [1.29, 1.82) is 0 Å². The minimum Gasteiger partial charge on any atom is -0.486 e. The average molecular weight is 456 g/mol. The van der Waals surface area contributed by atoms with Gasteiger partial charge in [0.05, 0.1) is 0 Å². The van der Waals surface area contributed by atoms with Gasteiger partial charge in [-0.05, 0) is 51.3 Å². The molecular weight excluding hydrogens is 422 g/mol. The summed E-state index contributed by atoms with van der Waals surface area (Å²) in [6, 6.07) is 22.3. The third-order valence-electron chi connectivity index (χ3n) is 6.02. The summed E-state index contributed by atoms with van der Waals surface area (Å²) in [6.45, 7) is 12.0. The molecule has 0 bridgehead atoms. The average Bonchev–Trinajstić information content (AvgIpc) is 2.82. The summed E-state index contributed by atoms with van der Waals surface area (Å²) in [5.74, 6) is 1.49. The molecule has 1 heterocycles. The Bertz CT molecular complexity index is 1200. The van der Waals surface area contributed by atoms with Crippen molar-refractivity contribution in [2.75, 3.05) is 18.5 Å². The Morgan fingerprint density at radius 3 is 2.26 bits per heavy atom. The Balaban J connectivity index is 1.71. The standard InChI is InChI=1S/C30H33NO3/c1-20(2)24-8-6-7-9-25(24)26(21-10-12-22(13-11-21)30(3,4)5)19-29(32)31-23-14-15-27-28(18-23)34-17-16-33-27/h6-15,18-20H,16-17H2,1-5H3,(H,31,32)/b26-19-. The minimum absolute atomic E-state index is 0.0633. The van der Waals surface area contributed by atoms with Gasteiger partial charge < -0.3 is 14.8 Å². The highest BCUT2D eigenvalue weighted by Crippen LogP contribution is 2.34. The summed E-state index contributed by atoms with van der Waals surface area (Å²) in [7, 11) is 0. The second kappa shape index (κ2) is 9.76. The number of carbonyl (C=O) groups excluding carboxylic acids is 1. The molecule has 0 spiro atoms. The van der Waals surface area contributed by atoms with Crippen molar-refractivity contribution < 1.29 is 14.3 Å². The van der Waals surface area contributed by atoms with Gasteiger partial charge >= 0.3 is 0 Å². The van der Waals surface area contributed by atoms with Gasteiger partial charge in [-0.2, -0.15) is 0 Å². The molecule has 0 fully saturated rings. The molecule has 176 valence electrons. The van der Waals surface area contributed by atoms with Gasteiger partial charge in [-0.3, -0.25) is 4.79 Å². The van der Waals surface area contributed by atoms with E-state index in [9.17, 15) is 4.79 Å². The molecule has 1 aliphatic heterocycles. The lowest BCUT2D eigenvalue weighted by molar-refractivity contribution is -0.111. The summed E-state index contributed by atoms with van der Waals surface area (Å²) >= 11 is 0. The van der Waals surface area contributed by atoms with E-state index in [2.05, 4.69) is 82.4 Å². The number of benzene rings is 3. The number of hydrogen-bond donors (Lipinski definition) is 1. The molecule has 0 radical (unpaired) electrons. The first-order valence-electron chi connectivity index (χ1n) is 11.8. The first kappa shape index (κ1) is 23.6. The van der Waals surface area contributed by atoms with Gasteiger partial charge in [0.15, 0.2) is 11.5 Å². The molecule has 0 atom stereocenters. The van der Waals surface area contributed by atoms with E-state index in [-0.39, 0.29) is 11.3 Å². The normalized spacial score (nSPS) is 13.6. The maximum absolute atomic E-state index is 13.2. The third-order valence-corrected chi connectivity index (χ3v) is 6.02. The van der Waals surface area contributed by atoms with Gasteiger partial charge in [-0.25, -0.2) is 0 Å². The molecular formula is C30H33NO3. The molecule has 3 aromatic carbocycles. The van der Waals surface area contributed by atoms with Crippen LogP contribution in [0.5, 0.6) is 11.5 Å². The number of amides is 1. The molecule has 0 unspecified atom stereocenters. The van der Waals surface area contributed by atoms with Gasteiger partial charge in [0, 0.05) is 17.8 Å². The fourth-order valence-corrected chi connectivity index (χ4v) is 4.14. The Hall–Kier alpha value is -3.53. The van der Waals surface area contributed by atoms with Crippen LogP contribution in [0.4, 0.5) is 5.69 Å². The van der Waals surface area contributed by atoms with Crippen LogP contribution in [0.2, 0.25) is 0 Å². The first-order chi connectivity index (χ1) is 16.2. The van der Waals surface area contributed by atoms with Crippen molar-refractivity contribution in [3.8, 4) is 11.5 Å². The van der Waals surface area contributed by atoms with Crippen LogP contribution in [0, 0.1) is 0 Å². The molecule has 34 heavy (non-hydrogen) atoms. The molecule has 1 amide bonds. The number of anilines is 1. The zero-order chi connectivity index (χ0) is 24.3. The first-order valence-corrected chi connectivity index (χ1v) is 11.8. The van der Waals surface area contributed by atoms with E-state index in [1.807, 2.05) is 18.2 Å². The predicted molar refractivity (Wildman–Crippen MR) is 139 cm³/mol. The van der Waals surface area contributed by atoms with Crippen LogP contribution in [0.25, 0.3) is 5.57 Å². The quantitative estimate of drug-likeness (QED) is 0.424. The summed E-state index contributed by atoms with van der Waals surface area (Å²) < 4.78 is 11.2. The second-order valence-electron chi connectivity index (χ2n) is 9.98. The highest BCUT2D eigenvalue weighted by atomic mass is 16.6. The maximum Gasteiger partial charge on any atom is 0.249 e. The van der Waals surface area contributed by atoms with E-state index in [1.54, 1.807) is 12.1 Å². The number of hydrogen-bond acceptors (Lipinski definition) is 3. The van der Waals surface area contributed by atoms with Crippen LogP contribution in [-0.4, -0.2) is 19.1 Å². The van der Waals surface area contributed by atoms with Crippen molar-refractivity contribution in [2.45, 2.75) is 46.0 Å². The van der Waals surface area contributed by atoms with E-state index in [0.717, 1.165) is 16.7 Å². The lowest BCUT2D eigenvalue weighted by Gasteiger charge is -2.21. The minimum atomic E-state index is -0.190. The molecule has 4 heteroatoms. The van der Waals surface area contributed by atoms with E-state index >= 15 is 0 Å². The van der Waals surface area contributed by atoms with Gasteiger partial charge in [0.25, 0.3) is 0 Å². The Morgan fingerprint density at radius 1 is 0.912 bits per heavy atom. The highest BCUT2D eigenvalue weighted by molar-refractivity contribution is 6.06. The largest absolute Gasteiger partial charge is 0.486 e. The van der Waals surface area contributed by atoms with Crippen LogP contribution < -0.4 is 14.8 Å². The molecule has 3 aromatic rings. The summed E-state index contributed by atoms with van der Waals surface area (Å²) in [5, 5.41) is 3.00. The smallest absolute Gasteiger partial charge is 0.249 e. The Morgan fingerprint density at radius 2 is 1.59 bits per heavy atom. The topological polar surface area (TPSA) is 47.6 Å². The fourth-order valence-electron chi connectivity index (χ4n) is 4.14. The maximum atomic E-state index is 13.2. The molecule has 0 aromatic heterocycles. The molecule has 4 nitrogen and oxygen atoms in total. The molecule has 1 aliphatic rings. The zero-order valence-electron chi connectivity index (χ0n) is 20.6. The number of nitrogens with one attached hydrogen (secondary N) is 1. The SMILES string of the molecule is CC(C)c1ccccc1/C(=C\C(=O)Nc1ccc2c(c1)OCCO2)c1ccc(C(C)(C)C)cc1. The summed E-state index contributed by atoms with van der Waals surface area (Å²) in [6.07, 6.45) is 1.70. The second-order valence-corrected chi connectivity index (χ2v) is 9.98. The molecule has 1 N–H and O–H groups in total. The van der Waals surface area contributed by atoms with E-state index < -0.39 is 0 Å². The number of ether oxygens (including phenoxy) is 2. The van der Waals surface area contributed by atoms with Crippen LogP contribution in [-0.2, 0) is 10.2 Å². The van der Waals surface area contributed by atoms with Crippen LogP contribution >= 0.6 is 0 Å². The van der Waals surface area contributed by atoms with Crippen LogP contribution in [0.3, 0.4) is 0 Å². The van der Waals surface area contributed by atoms with Gasteiger partial charge in [-0.1, -0.05) is 83.1 Å². The van der Waals surface area contributed by atoms with Crippen LogP contribution in [0.15, 0.2) is 72.8 Å².